The maximum absolute atomic E-state index is 3.46. The molecule has 1 N–H and O–H groups in total. The van der Waals surface area contributed by atoms with Crippen LogP contribution in [0.4, 0.5) is 0 Å². The van der Waals surface area contributed by atoms with Gasteiger partial charge in [-0.3, -0.25) is 0 Å². The molecule has 0 radical (unpaired) electrons. The highest BCUT2D eigenvalue weighted by molar-refractivity contribution is 4.75. The third-order valence-electron chi connectivity index (χ3n) is 4.61. The summed E-state index contributed by atoms with van der Waals surface area (Å²) in [5, 5.41) is 3.46. The Morgan fingerprint density at radius 3 is 2.06 bits per heavy atom. The van der Waals surface area contributed by atoms with Crippen LogP contribution in [0.15, 0.2) is 0 Å². The van der Waals surface area contributed by atoms with Gasteiger partial charge in [-0.1, -0.05) is 52.9 Å². The van der Waals surface area contributed by atoms with E-state index in [0.717, 1.165) is 23.8 Å². The molecule has 1 unspecified atom stereocenters. The quantitative estimate of drug-likeness (QED) is 0.713. The molecule has 1 fully saturated rings. The van der Waals surface area contributed by atoms with Crippen LogP contribution in [0, 0.1) is 17.8 Å². The average Bonchev–Trinajstić information content (AvgIpc) is 2.30. The topological polar surface area (TPSA) is 12.0 Å². The average molecular weight is 225 g/mol. The number of hydrogen-bond acceptors (Lipinski definition) is 1. The summed E-state index contributed by atoms with van der Waals surface area (Å²) < 4.78 is 0. The van der Waals surface area contributed by atoms with Crippen LogP contribution in [0.3, 0.4) is 0 Å². The van der Waals surface area contributed by atoms with Gasteiger partial charge in [-0.05, 0) is 37.6 Å². The van der Waals surface area contributed by atoms with Gasteiger partial charge in [0, 0.05) is 6.04 Å². The van der Waals surface area contributed by atoms with Gasteiger partial charge >= 0.3 is 0 Å². The van der Waals surface area contributed by atoms with Crippen molar-refractivity contribution in [2.24, 2.45) is 17.8 Å². The lowest BCUT2D eigenvalue weighted by molar-refractivity contribution is 0.242. The fourth-order valence-electron chi connectivity index (χ4n) is 3.15. The zero-order valence-electron chi connectivity index (χ0n) is 11.8. The van der Waals surface area contributed by atoms with E-state index in [1.165, 1.54) is 44.9 Å². The van der Waals surface area contributed by atoms with Crippen molar-refractivity contribution in [3.05, 3.63) is 0 Å². The highest BCUT2D eigenvalue weighted by Gasteiger charge is 2.21. The van der Waals surface area contributed by atoms with Gasteiger partial charge in [0.1, 0.15) is 0 Å². The second-order valence-electron chi connectivity index (χ2n) is 6.01. The first kappa shape index (κ1) is 14.0. The van der Waals surface area contributed by atoms with Crippen molar-refractivity contribution in [1.29, 1.82) is 0 Å². The Hall–Kier alpha value is -0.0400. The predicted molar refractivity (Wildman–Crippen MR) is 72.7 cm³/mol. The molecule has 1 nitrogen and oxygen atoms in total. The molecule has 1 saturated carbocycles. The van der Waals surface area contributed by atoms with Crippen molar-refractivity contribution in [2.75, 3.05) is 7.05 Å². The van der Waals surface area contributed by atoms with Gasteiger partial charge in [0.2, 0.25) is 0 Å². The van der Waals surface area contributed by atoms with Crippen molar-refractivity contribution in [3.63, 3.8) is 0 Å². The van der Waals surface area contributed by atoms with Gasteiger partial charge < -0.3 is 5.32 Å². The minimum absolute atomic E-state index is 0.726. The van der Waals surface area contributed by atoms with Crippen LogP contribution in [0.1, 0.15) is 65.7 Å². The molecule has 0 aromatic rings. The van der Waals surface area contributed by atoms with E-state index in [4.69, 9.17) is 0 Å². The molecule has 0 saturated heterocycles. The van der Waals surface area contributed by atoms with Crippen LogP contribution in [0.2, 0.25) is 0 Å². The second kappa shape index (κ2) is 7.32. The molecule has 0 heterocycles. The summed E-state index contributed by atoms with van der Waals surface area (Å²) in [6.45, 7) is 7.01. The standard InChI is InChI=1S/C15H31N/c1-5-13-6-8-14(9-7-13)10-11-15(16-4)12(2)3/h12-16H,5-11H2,1-4H3. The van der Waals surface area contributed by atoms with Gasteiger partial charge in [-0.2, -0.15) is 0 Å². The smallest absolute Gasteiger partial charge is 0.00871 e. The van der Waals surface area contributed by atoms with Crippen molar-refractivity contribution in [2.45, 2.75) is 71.8 Å². The third kappa shape index (κ3) is 4.45. The molecule has 1 rings (SSSR count). The lowest BCUT2D eigenvalue weighted by Crippen LogP contribution is -2.31. The van der Waals surface area contributed by atoms with E-state index in [9.17, 15) is 0 Å². The highest BCUT2D eigenvalue weighted by atomic mass is 14.9. The molecule has 0 spiro atoms. The van der Waals surface area contributed by atoms with Crippen molar-refractivity contribution >= 4 is 0 Å². The Morgan fingerprint density at radius 1 is 1.06 bits per heavy atom. The summed E-state index contributed by atoms with van der Waals surface area (Å²) >= 11 is 0. The molecule has 0 amide bonds. The van der Waals surface area contributed by atoms with E-state index in [-0.39, 0.29) is 0 Å². The summed E-state index contributed by atoms with van der Waals surface area (Å²) in [5.74, 6) is 2.84. The first-order valence-electron chi connectivity index (χ1n) is 7.34. The molecular formula is C15H31N. The van der Waals surface area contributed by atoms with Crippen LogP contribution in [-0.4, -0.2) is 13.1 Å². The number of hydrogen-bond donors (Lipinski definition) is 1. The van der Waals surface area contributed by atoms with Crippen molar-refractivity contribution in [1.82, 2.24) is 5.32 Å². The first-order chi connectivity index (χ1) is 7.67. The van der Waals surface area contributed by atoms with E-state index in [1.54, 1.807) is 0 Å². The maximum atomic E-state index is 3.46. The summed E-state index contributed by atoms with van der Waals surface area (Å²) in [6, 6.07) is 0.726. The molecule has 1 aliphatic rings. The Labute approximate surface area is 102 Å². The molecule has 1 heteroatoms. The molecule has 0 bridgehead atoms. The van der Waals surface area contributed by atoms with Gasteiger partial charge in [-0.15, -0.1) is 0 Å². The minimum Gasteiger partial charge on any atom is -0.317 e. The fraction of sp³-hybridized carbons (Fsp3) is 1.00. The van der Waals surface area contributed by atoms with Crippen molar-refractivity contribution < 1.29 is 0 Å². The minimum atomic E-state index is 0.726. The molecular weight excluding hydrogens is 194 g/mol. The maximum Gasteiger partial charge on any atom is 0.00871 e. The number of nitrogens with one attached hydrogen (secondary N) is 1. The van der Waals surface area contributed by atoms with Gasteiger partial charge in [-0.25, -0.2) is 0 Å². The van der Waals surface area contributed by atoms with E-state index < -0.39 is 0 Å². The van der Waals surface area contributed by atoms with E-state index in [0.29, 0.717) is 0 Å². The van der Waals surface area contributed by atoms with E-state index >= 15 is 0 Å². The lowest BCUT2D eigenvalue weighted by atomic mass is 9.78. The van der Waals surface area contributed by atoms with Gasteiger partial charge in [0.15, 0.2) is 0 Å². The summed E-state index contributed by atoms with van der Waals surface area (Å²) in [7, 11) is 2.11. The Morgan fingerprint density at radius 2 is 1.62 bits per heavy atom. The molecule has 0 aromatic heterocycles. The summed E-state index contributed by atoms with van der Waals surface area (Å²) in [4.78, 5) is 0. The molecule has 0 aromatic carbocycles. The monoisotopic (exact) mass is 225 g/mol. The Kier molecular flexibility index (Phi) is 6.41. The third-order valence-corrected chi connectivity index (χ3v) is 4.61. The second-order valence-corrected chi connectivity index (χ2v) is 6.01. The Balaban J connectivity index is 2.18. The lowest BCUT2D eigenvalue weighted by Gasteiger charge is -2.29. The van der Waals surface area contributed by atoms with Crippen LogP contribution in [-0.2, 0) is 0 Å². The summed E-state index contributed by atoms with van der Waals surface area (Å²) in [6.07, 6.45) is 10.2. The Bertz CT molecular complexity index is 168. The zero-order chi connectivity index (χ0) is 12.0. The predicted octanol–water partition coefficient (Wildman–Crippen LogP) is 4.23. The molecule has 96 valence electrons. The van der Waals surface area contributed by atoms with Crippen LogP contribution >= 0.6 is 0 Å². The van der Waals surface area contributed by atoms with Crippen LogP contribution < -0.4 is 5.32 Å². The molecule has 1 atom stereocenters. The van der Waals surface area contributed by atoms with Crippen molar-refractivity contribution in [3.8, 4) is 0 Å². The fourth-order valence-corrected chi connectivity index (χ4v) is 3.15. The van der Waals surface area contributed by atoms with Crippen LogP contribution in [0.25, 0.3) is 0 Å². The molecule has 1 aliphatic carbocycles. The van der Waals surface area contributed by atoms with E-state index in [2.05, 4.69) is 33.1 Å². The van der Waals surface area contributed by atoms with Gasteiger partial charge in [0.05, 0.1) is 0 Å². The molecule has 0 aliphatic heterocycles. The summed E-state index contributed by atoms with van der Waals surface area (Å²) in [5.41, 5.74) is 0. The normalized spacial score (nSPS) is 28.3. The highest BCUT2D eigenvalue weighted by Crippen LogP contribution is 2.33. The first-order valence-corrected chi connectivity index (χ1v) is 7.34. The number of rotatable bonds is 6. The van der Waals surface area contributed by atoms with E-state index in [1.807, 2.05) is 0 Å². The molecule has 16 heavy (non-hydrogen) atoms. The SMILES string of the molecule is CCC1CCC(CCC(NC)C(C)C)CC1. The zero-order valence-corrected chi connectivity index (χ0v) is 11.8. The largest absolute Gasteiger partial charge is 0.317 e. The van der Waals surface area contributed by atoms with Gasteiger partial charge in [0.25, 0.3) is 0 Å². The van der Waals surface area contributed by atoms with Crippen LogP contribution in [0.5, 0.6) is 0 Å².